The summed E-state index contributed by atoms with van der Waals surface area (Å²) in [6.07, 6.45) is 3.79. The van der Waals surface area contributed by atoms with Crippen LogP contribution in [0, 0.1) is 5.41 Å². The summed E-state index contributed by atoms with van der Waals surface area (Å²) in [6, 6.07) is 6.32. The van der Waals surface area contributed by atoms with Gasteiger partial charge in [0, 0.05) is 23.7 Å². The van der Waals surface area contributed by atoms with Gasteiger partial charge in [0.2, 0.25) is 5.91 Å². The van der Waals surface area contributed by atoms with Crippen LogP contribution < -0.4 is 5.32 Å². The van der Waals surface area contributed by atoms with Crippen LogP contribution in [-0.4, -0.2) is 40.1 Å². The van der Waals surface area contributed by atoms with Gasteiger partial charge in [-0.05, 0) is 58.4 Å². The first-order chi connectivity index (χ1) is 10.5. The minimum atomic E-state index is -0.328. The van der Waals surface area contributed by atoms with Gasteiger partial charge < -0.3 is 5.32 Å². The number of carbonyl (C=O) groups is 1. The first-order valence-electron chi connectivity index (χ1n) is 7.97. The molecule has 1 aromatic carbocycles. The molecule has 0 aliphatic carbocycles. The van der Waals surface area contributed by atoms with Gasteiger partial charge in [0.15, 0.2) is 0 Å². The van der Waals surface area contributed by atoms with Crippen LogP contribution in [0.4, 0.5) is 5.69 Å². The van der Waals surface area contributed by atoms with Crippen LogP contribution in [0.1, 0.15) is 33.6 Å². The van der Waals surface area contributed by atoms with Crippen LogP contribution in [0.2, 0.25) is 0 Å². The third kappa shape index (κ3) is 2.86. The Bertz CT molecular complexity index is 678. The van der Waals surface area contributed by atoms with E-state index in [9.17, 15) is 4.79 Å². The minimum absolute atomic E-state index is 0.108. The number of anilines is 1. The Balaban J connectivity index is 1.74. The Morgan fingerprint density at radius 1 is 1.45 bits per heavy atom. The number of aromatic amines is 1. The molecule has 118 valence electrons. The second kappa shape index (κ2) is 5.72. The lowest BCUT2D eigenvalue weighted by atomic mass is 9.80. The maximum Gasteiger partial charge on any atom is 0.231 e. The summed E-state index contributed by atoms with van der Waals surface area (Å²) in [7, 11) is 0. The predicted molar refractivity (Wildman–Crippen MR) is 88.8 cm³/mol. The smallest absolute Gasteiger partial charge is 0.231 e. The monoisotopic (exact) mass is 300 g/mol. The third-order valence-corrected chi connectivity index (χ3v) is 4.70. The van der Waals surface area contributed by atoms with Crippen molar-refractivity contribution in [3.05, 3.63) is 24.4 Å². The lowest BCUT2D eigenvalue weighted by molar-refractivity contribution is -0.128. The maximum atomic E-state index is 12.8. The number of hydrogen-bond donors (Lipinski definition) is 2. The van der Waals surface area contributed by atoms with Crippen LogP contribution in [0.3, 0.4) is 0 Å². The van der Waals surface area contributed by atoms with Crippen molar-refractivity contribution in [2.45, 2.75) is 39.7 Å². The van der Waals surface area contributed by atoms with Crippen molar-refractivity contribution in [3.63, 3.8) is 0 Å². The molecule has 1 unspecified atom stereocenters. The first kappa shape index (κ1) is 15.0. The predicted octanol–water partition coefficient (Wildman–Crippen LogP) is 3.01. The molecule has 5 heteroatoms. The molecule has 1 aromatic heterocycles. The van der Waals surface area contributed by atoms with E-state index >= 15 is 0 Å². The highest BCUT2D eigenvalue weighted by molar-refractivity contribution is 5.97. The highest BCUT2D eigenvalue weighted by Gasteiger charge is 2.38. The van der Waals surface area contributed by atoms with E-state index < -0.39 is 0 Å². The average Bonchev–Trinajstić information content (AvgIpc) is 2.94. The molecule has 0 bridgehead atoms. The van der Waals surface area contributed by atoms with Gasteiger partial charge >= 0.3 is 0 Å². The molecule has 5 nitrogen and oxygen atoms in total. The summed E-state index contributed by atoms with van der Waals surface area (Å²) >= 11 is 0. The fraction of sp³-hybridized carbons (Fsp3) is 0.529. The molecule has 1 fully saturated rings. The Hall–Kier alpha value is -1.88. The van der Waals surface area contributed by atoms with Gasteiger partial charge in [-0.1, -0.05) is 0 Å². The van der Waals surface area contributed by atoms with Crippen molar-refractivity contribution in [3.8, 4) is 0 Å². The van der Waals surface area contributed by atoms with E-state index in [1.807, 2.05) is 18.2 Å². The van der Waals surface area contributed by atoms with Gasteiger partial charge in [0.05, 0.1) is 17.1 Å². The largest absolute Gasteiger partial charge is 0.326 e. The summed E-state index contributed by atoms with van der Waals surface area (Å²) in [5.41, 5.74) is 1.44. The van der Waals surface area contributed by atoms with Crippen molar-refractivity contribution >= 4 is 22.5 Å². The summed E-state index contributed by atoms with van der Waals surface area (Å²) in [4.78, 5) is 15.2. The van der Waals surface area contributed by atoms with E-state index in [-0.39, 0.29) is 11.3 Å². The average molecular weight is 300 g/mol. The summed E-state index contributed by atoms with van der Waals surface area (Å²) in [5, 5.41) is 11.1. The zero-order chi connectivity index (χ0) is 15.7. The second-order valence-corrected chi connectivity index (χ2v) is 6.85. The number of benzene rings is 1. The number of aromatic nitrogens is 2. The number of fused-ring (bicyclic) bond motifs is 1. The molecule has 1 aliphatic rings. The normalized spacial score (nSPS) is 23.1. The van der Waals surface area contributed by atoms with E-state index in [0.29, 0.717) is 6.04 Å². The Morgan fingerprint density at radius 3 is 3.05 bits per heavy atom. The summed E-state index contributed by atoms with van der Waals surface area (Å²) < 4.78 is 0. The molecule has 2 aromatic rings. The third-order valence-electron chi connectivity index (χ3n) is 4.70. The molecule has 2 heterocycles. The fourth-order valence-corrected chi connectivity index (χ4v) is 3.20. The second-order valence-electron chi connectivity index (χ2n) is 6.85. The SMILES string of the molecule is CC(C)N1CCCC(C)(C(=O)Nc2ccc3cn[nH]c3c2)C1. The number of nitrogens with zero attached hydrogens (tertiary/aromatic N) is 2. The van der Waals surface area contributed by atoms with Crippen LogP contribution in [0.25, 0.3) is 10.9 Å². The van der Waals surface area contributed by atoms with Gasteiger partial charge in [-0.2, -0.15) is 5.10 Å². The van der Waals surface area contributed by atoms with E-state index in [1.165, 1.54) is 0 Å². The quantitative estimate of drug-likeness (QED) is 0.916. The maximum absolute atomic E-state index is 12.8. The van der Waals surface area contributed by atoms with E-state index in [4.69, 9.17) is 0 Å². The van der Waals surface area contributed by atoms with Crippen LogP contribution in [0.5, 0.6) is 0 Å². The Kier molecular flexibility index (Phi) is 3.91. The van der Waals surface area contributed by atoms with Crippen molar-refractivity contribution in [1.29, 1.82) is 0 Å². The van der Waals surface area contributed by atoms with Gasteiger partial charge in [0.25, 0.3) is 0 Å². The number of likely N-dealkylation sites (tertiary alicyclic amines) is 1. The Morgan fingerprint density at radius 2 is 2.27 bits per heavy atom. The molecule has 1 amide bonds. The molecular formula is C17H24N4O. The number of carbonyl (C=O) groups excluding carboxylic acids is 1. The van der Waals surface area contributed by atoms with Gasteiger partial charge in [-0.25, -0.2) is 0 Å². The van der Waals surface area contributed by atoms with E-state index in [1.54, 1.807) is 6.20 Å². The van der Waals surface area contributed by atoms with Crippen LogP contribution >= 0.6 is 0 Å². The lowest BCUT2D eigenvalue weighted by Crippen LogP contribution is -2.50. The number of rotatable bonds is 3. The zero-order valence-corrected chi connectivity index (χ0v) is 13.5. The topological polar surface area (TPSA) is 61.0 Å². The molecule has 2 N–H and O–H groups in total. The number of piperidine rings is 1. The van der Waals surface area contributed by atoms with E-state index in [0.717, 1.165) is 42.5 Å². The molecule has 0 radical (unpaired) electrons. The van der Waals surface area contributed by atoms with Gasteiger partial charge in [0.1, 0.15) is 0 Å². The molecule has 3 rings (SSSR count). The lowest BCUT2D eigenvalue weighted by Gasteiger charge is -2.41. The zero-order valence-electron chi connectivity index (χ0n) is 13.5. The minimum Gasteiger partial charge on any atom is -0.326 e. The number of hydrogen-bond acceptors (Lipinski definition) is 3. The van der Waals surface area contributed by atoms with Gasteiger partial charge in [-0.15, -0.1) is 0 Å². The molecule has 0 spiro atoms. The highest BCUT2D eigenvalue weighted by atomic mass is 16.2. The van der Waals surface area contributed by atoms with Crippen LogP contribution in [-0.2, 0) is 4.79 Å². The molecule has 1 aliphatic heterocycles. The summed E-state index contributed by atoms with van der Waals surface area (Å²) in [5.74, 6) is 0.108. The molecule has 1 saturated heterocycles. The molecule has 0 saturated carbocycles. The highest BCUT2D eigenvalue weighted by Crippen LogP contribution is 2.32. The number of amides is 1. The summed E-state index contributed by atoms with van der Waals surface area (Å²) in [6.45, 7) is 8.36. The number of H-pyrrole nitrogens is 1. The van der Waals surface area contributed by atoms with Crippen LogP contribution in [0.15, 0.2) is 24.4 Å². The van der Waals surface area contributed by atoms with Crippen molar-refractivity contribution in [2.75, 3.05) is 18.4 Å². The van der Waals surface area contributed by atoms with Gasteiger partial charge in [-0.3, -0.25) is 14.8 Å². The van der Waals surface area contributed by atoms with Crippen molar-refractivity contribution < 1.29 is 4.79 Å². The van der Waals surface area contributed by atoms with Crippen molar-refractivity contribution in [1.82, 2.24) is 15.1 Å². The Labute approximate surface area is 131 Å². The number of nitrogens with one attached hydrogen (secondary N) is 2. The van der Waals surface area contributed by atoms with E-state index in [2.05, 4.69) is 41.2 Å². The molecular weight excluding hydrogens is 276 g/mol. The van der Waals surface area contributed by atoms with Crippen molar-refractivity contribution in [2.24, 2.45) is 5.41 Å². The molecule has 1 atom stereocenters. The first-order valence-corrected chi connectivity index (χ1v) is 7.97. The fourth-order valence-electron chi connectivity index (χ4n) is 3.20. The molecule has 22 heavy (non-hydrogen) atoms. The standard InChI is InChI=1S/C17H24N4O/c1-12(2)21-8-4-7-17(3,11-21)16(22)19-14-6-5-13-10-18-20-15(13)9-14/h5-6,9-10,12H,4,7-8,11H2,1-3H3,(H,18,20)(H,19,22).